The highest BCUT2D eigenvalue weighted by atomic mass is 32.2. The van der Waals surface area contributed by atoms with E-state index in [1.807, 2.05) is 54.6 Å². The summed E-state index contributed by atoms with van der Waals surface area (Å²) in [7, 11) is 1.60. The van der Waals surface area contributed by atoms with E-state index >= 15 is 0 Å². The molecule has 2 aromatic rings. The lowest BCUT2D eigenvalue weighted by atomic mass is 10.2. The summed E-state index contributed by atoms with van der Waals surface area (Å²) in [4.78, 5) is 26.3. The van der Waals surface area contributed by atoms with Gasteiger partial charge in [-0.2, -0.15) is 0 Å². The van der Waals surface area contributed by atoms with Crippen LogP contribution < -0.4 is 4.74 Å². The molecule has 1 atom stereocenters. The lowest BCUT2D eigenvalue weighted by Gasteiger charge is -2.26. The van der Waals surface area contributed by atoms with Crippen LogP contribution in [0.1, 0.15) is 12.5 Å². The molecule has 0 saturated heterocycles. The van der Waals surface area contributed by atoms with Crippen LogP contribution in [0.5, 0.6) is 5.75 Å². The summed E-state index contributed by atoms with van der Waals surface area (Å²) in [5.41, 5.74) is 0.901. The van der Waals surface area contributed by atoms with E-state index in [9.17, 15) is 14.7 Å². The predicted molar refractivity (Wildman–Crippen MR) is 97.8 cm³/mol. The summed E-state index contributed by atoms with van der Waals surface area (Å²) >= 11 is 1.38. The highest BCUT2D eigenvalue weighted by Gasteiger charge is 2.25. The third kappa shape index (κ3) is 5.53. The molecular formula is C19H21NO4S. The van der Waals surface area contributed by atoms with Crippen LogP contribution in [0.25, 0.3) is 0 Å². The molecule has 0 bridgehead atoms. The number of amides is 1. The molecule has 0 heterocycles. The summed E-state index contributed by atoms with van der Waals surface area (Å²) in [5, 5.41) is 9.31. The molecule has 5 nitrogen and oxygen atoms in total. The average molecular weight is 359 g/mol. The predicted octanol–water partition coefficient (Wildman–Crippen LogP) is 3.29. The van der Waals surface area contributed by atoms with Crippen LogP contribution in [0, 0.1) is 0 Å². The second-order valence-corrected chi connectivity index (χ2v) is 6.53. The van der Waals surface area contributed by atoms with Gasteiger partial charge >= 0.3 is 5.97 Å². The summed E-state index contributed by atoms with van der Waals surface area (Å²) in [6.45, 7) is 1.80. The molecule has 132 valence electrons. The second-order valence-electron chi connectivity index (χ2n) is 5.49. The normalized spacial score (nSPS) is 11.6. The van der Waals surface area contributed by atoms with Gasteiger partial charge in [0, 0.05) is 11.4 Å². The maximum Gasteiger partial charge on any atom is 0.326 e. The quantitative estimate of drug-likeness (QED) is 0.733. The first kappa shape index (κ1) is 18.9. The molecule has 1 amide bonds. The molecule has 0 spiro atoms. The number of thioether (sulfide) groups is 1. The van der Waals surface area contributed by atoms with E-state index < -0.39 is 12.0 Å². The van der Waals surface area contributed by atoms with Crippen LogP contribution in [0.3, 0.4) is 0 Å². The van der Waals surface area contributed by atoms with Crippen molar-refractivity contribution < 1.29 is 19.4 Å². The number of rotatable bonds is 8. The molecule has 0 aliphatic carbocycles. The molecule has 6 heteroatoms. The van der Waals surface area contributed by atoms with Crippen LogP contribution in [0.4, 0.5) is 0 Å². The van der Waals surface area contributed by atoms with Gasteiger partial charge in [0.05, 0.1) is 12.9 Å². The fourth-order valence-electron chi connectivity index (χ4n) is 2.25. The Balaban J connectivity index is 2.04. The zero-order chi connectivity index (χ0) is 18.2. The Labute approximate surface area is 151 Å². The van der Waals surface area contributed by atoms with Crippen molar-refractivity contribution in [3.63, 3.8) is 0 Å². The summed E-state index contributed by atoms with van der Waals surface area (Å²) in [5.74, 6) is -0.296. The van der Waals surface area contributed by atoms with Crippen molar-refractivity contribution in [3.05, 3.63) is 60.2 Å². The van der Waals surface area contributed by atoms with E-state index in [2.05, 4.69) is 0 Å². The van der Waals surface area contributed by atoms with E-state index in [-0.39, 0.29) is 18.2 Å². The third-order valence-electron chi connectivity index (χ3n) is 3.76. The second kappa shape index (κ2) is 9.13. The molecule has 0 aromatic heterocycles. The number of ether oxygens (including phenoxy) is 1. The Kier molecular flexibility index (Phi) is 6.89. The number of carboxylic acids is 1. The van der Waals surface area contributed by atoms with E-state index in [0.29, 0.717) is 0 Å². The van der Waals surface area contributed by atoms with E-state index in [1.54, 1.807) is 7.11 Å². The van der Waals surface area contributed by atoms with Gasteiger partial charge in [-0.15, -0.1) is 11.8 Å². The highest BCUT2D eigenvalue weighted by molar-refractivity contribution is 8.00. The minimum atomic E-state index is -1.02. The van der Waals surface area contributed by atoms with Gasteiger partial charge in [0.25, 0.3) is 0 Å². The van der Waals surface area contributed by atoms with Crippen LogP contribution in [-0.2, 0) is 16.1 Å². The number of hydrogen-bond donors (Lipinski definition) is 1. The molecule has 0 aliphatic heterocycles. The van der Waals surface area contributed by atoms with E-state index in [4.69, 9.17) is 4.74 Å². The first-order valence-corrected chi connectivity index (χ1v) is 8.83. The summed E-state index contributed by atoms with van der Waals surface area (Å²) in [6, 6.07) is 15.9. The number of nitrogens with zero attached hydrogens (tertiary/aromatic N) is 1. The highest BCUT2D eigenvalue weighted by Crippen LogP contribution is 2.22. The van der Waals surface area contributed by atoms with Gasteiger partial charge in [-0.1, -0.05) is 30.3 Å². The third-order valence-corrected chi connectivity index (χ3v) is 4.76. The molecule has 0 saturated carbocycles. The zero-order valence-electron chi connectivity index (χ0n) is 14.2. The van der Waals surface area contributed by atoms with Gasteiger partial charge in [-0.05, 0) is 36.8 Å². The first-order chi connectivity index (χ1) is 12.0. The van der Waals surface area contributed by atoms with Crippen molar-refractivity contribution in [2.24, 2.45) is 0 Å². The van der Waals surface area contributed by atoms with Gasteiger partial charge in [-0.3, -0.25) is 4.79 Å². The maximum absolute atomic E-state index is 12.6. The number of carbonyl (C=O) groups is 2. The van der Waals surface area contributed by atoms with Crippen LogP contribution in [0.2, 0.25) is 0 Å². The molecule has 2 rings (SSSR count). The maximum atomic E-state index is 12.6. The van der Waals surface area contributed by atoms with Crippen molar-refractivity contribution in [3.8, 4) is 5.75 Å². The lowest BCUT2D eigenvalue weighted by Crippen LogP contribution is -2.43. The minimum Gasteiger partial charge on any atom is -0.497 e. The number of hydrogen-bond acceptors (Lipinski definition) is 4. The van der Waals surface area contributed by atoms with Gasteiger partial charge in [0.1, 0.15) is 11.8 Å². The monoisotopic (exact) mass is 359 g/mol. The molecular weight excluding hydrogens is 338 g/mol. The van der Waals surface area contributed by atoms with Crippen molar-refractivity contribution in [1.29, 1.82) is 0 Å². The molecule has 2 aromatic carbocycles. The Morgan fingerprint density at radius 1 is 1.12 bits per heavy atom. The van der Waals surface area contributed by atoms with Crippen LogP contribution in [0.15, 0.2) is 59.5 Å². The standard InChI is InChI=1S/C19H21NO4S/c1-14(19(22)23)20(12-15-6-4-3-5-7-15)18(21)13-25-17-10-8-16(24-2)9-11-17/h3-11,14H,12-13H2,1-2H3,(H,22,23). The average Bonchev–Trinajstić information content (AvgIpc) is 2.64. The van der Waals surface area contributed by atoms with Gasteiger partial charge < -0.3 is 14.7 Å². The minimum absolute atomic E-state index is 0.177. The van der Waals surface area contributed by atoms with Crippen molar-refractivity contribution >= 4 is 23.6 Å². The molecule has 0 fully saturated rings. The topological polar surface area (TPSA) is 66.8 Å². The fourth-order valence-corrected chi connectivity index (χ4v) is 3.04. The fraction of sp³-hybridized carbons (Fsp3) is 0.263. The SMILES string of the molecule is COc1ccc(SCC(=O)N(Cc2ccccc2)C(C)C(=O)O)cc1. The molecule has 0 aliphatic rings. The van der Waals surface area contributed by atoms with Gasteiger partial charge in [-0.25, -0.2) is 4.79 Å². The van der Waals surface area contributed by atoms with E-state index in [1.165, 1.54) is 23.6 Å². The molecule has 25 heavy (non-hydrogen) atoms. The number of carboxylic acid groups (broad SMARTS) is 1. The number of aliphatic carboxylic acids is 1. The van der Waals surface area contributed by atoms with Gasteiger partial charge in [0.15, 0.2) is 0 Å². The van der Waals surface area contributed by atoms with Gasteiger partial charge in [0.2, 0.25) is 5.91 Å². The zero-order valence-corrected chi connectivity index (χ0v) is 15.0. The Hall–Kier alpha value is -2.47. The number of benzene rings is 2. The number of carbonyl (C=O) groups excluding carboxylic acids is 1. The Bertz CT molecular complexity index is 703. The Morgan fingerprint density at radius 2 is 1.76 bits per heavy atom. The molecule has 1 unspecified atom stereocenters. The lowest BCUT2D eigenvalue weighted by molar-refractivity contribution is -0.148. The van der Waals surface area contributed by atoms with Crippen molar-refractivity contribution in [2.45, 2.75) is 24.4 Å². The molecule has 0 radical (unpaired) electrons. The summed E-state index contributed by atoms with van der Waals surface area (Å²) < 4.78 is 5.11. The largest absolute Gasteiger partial charge is 0.497 e. The first-order valence-electron chi connectivity index (χ1n) is 7.84. The Morgan fingerprint density at radius 3 is 2.32 bits per heavy atom. The summed E-state index contributed by atoms with van der Waals surface area (Å²) in [6.07, 6.45) is 0. The molecule has 1 N–H and O–H groups in total. The number of methoxy groups -OCH3 is 1. The van der Waals surface area contributed by atoms with Crippen LogP contribution in [-0.4, -0.2) is 40.8 Å². The van der Waals surface area contributed by atoms with Crippen molar-refractivity contribution in [2.75, 3.05) is 12.9 Å². The van der Waals surface area contributed by atoms with Crippen molar-refractivity contribution in [1.82, 2.24) is 4.90 Å². The van der Waals surface area contributed by atoms with Crippen LogP contribution >= 0.6 is 11.8 Å². The smallest absolute Gasteiger partial charge is 0.326 e. The van der Waals surface area contributed by atoms with E-state index in [0.717, 1.165) is 16.2 Å².